The fourth-order valence-corrected chi connectivity index (χ4v) is 2.63. The molecule has 7 nitrogen and oxygen atoms in total. The van der Waals surface area contributed by atoms with Gasteiger partial charge in [0.2, 0.25) is 0 Å². The van der Waals surface area contributed by atoms with E-state index in [9.17, 15) is 4.79 Å². The Labute approximate surface area is 149 Å². The lowest BCUT2D eigenvalue weighted by Gasteiger charge is -2.29. The predicted molar refractivity (Wildman–Crippen MR) is 99.4 cm³/mol. The van der Waals surface area contributed by atoms with Gasteiger partial charge < -0.3 is 20.8 Å². The smallest absolute Gasteiger partial charge is 0.260 e. The maximum absolute atomic E-state index is 11.8. The summed E-state index contributed by atoms with van der Waals surface area (Å²) in [5.74, 6) is 1.21. The number of aromatic nitrogens is 1. The van der Waals surface area contributed by atoms with Crippen LogP contribution in [0.5, 0.6) is 0 Å². The second kappa shape index (κ2) is 9.25. The molecule has 0 spiro atoms. The molecule has 1 fully saturated rings. The molecule has 1 aliphatic rings. The molecule has 0 aromatic carbocycles. The zero-order valence-corrected chi connectivity index (χ0v) is 15.4. The summed E-state index contributed by atoms with van der Waals surface area (Å²) in [5.41, 5.74) is 6.80. The lowest BCUT2D eigenvalue weighted by molar-refractivity contribution is -0.126. The van der Waals surface area contributed by atoms with Crippen molar-refractivity contribution >= 4 is 17.6 Å². The molecule has 1 aliphatic heterocycles. The summed E-state index contributed by atoms with van der Waals surface area (Å²) in [6.45, 7) is 7.83. The van der Waals surface area contributed by atoms with Crippen molar-refractivity contribution in [3.05, 3.63) is 23.9 Å². The molecule has 3 N–H and O–H groups in total. The van der Waals surface area contributed by atoms with E-state index < -0.39 is 0 Å². The molecule has 0 aliphatic carbocycles. The molecule has 1 saturated heterocycles. The molecule has 1 atom stereocenters. The van der Waals surface area contributed by atoms with Gasteiger partial charge in [-0.2, -0.15) is 0 Å². The topological polar surface area (TPSA) is 92.8 Å². The molecule has 138 valence electrons. The highest BCUT2D eigenvalue weighted by atomic mass is 16.6. The summed E-state index contributed by atoms with van der Waals surface area (Å²) in [4.78, 5) is 23.6. The molecule has 0 bridgehead atoms. The van der Waals surface area contributed by atoms with Crippen molar-refractivity contribution in [2.24, 2.45) is 16.8 Å². The Morgan fingerprint density at radius 3 is 2.76 bits per heavy atom. The van der Waals surface area contributed by atoms with Crippen molar-refractivity contribution in [2.45, 2.75) is 46.1 Å². The van der Waals surface area contributed by atoms with Crippen LogP contribution in [0.4, 0.5) is 5.82 Å². The molecule has 1 aromatic heterocycles. The van der Waals surface area contributed by atoms with Crippen molar-refractivity contribution < 1.29 is 9.63 Å². The van der Waals surface area contributed by atoms with E-state index in [1.807, 2.05) is 32.9 Å². The fourth-order valence-electron chi connectivity index (χ4n) is 2.63. The summed E-state index contributed by atoms with van der Waals surface area (Å²) >= 11 is 0. The first-order valence-corrected chi connectivity index (χ1v) is 8.94. The van der Waals surface area contributed by atoms with Crippen LogP contribution in [0.2, 0.25) is 0 Å². The largest absolute Gasteiger partial charge is 0.384 e. The number of rotatable bonds is 7. The van der Waals surface area contributed by atoms with Gasteiger partial charge in [0.25, 0.3) is 5.91 Å². The van der Waals surface area contributed by atoms with E-state index in [2.05, 4.69) is 20.4 Å². The molecule has 1 amide bonds. The van der Waals surface area contributed by atoms with Crippen LogP contribution in [0.1, 0.15) is 45.6 Å². The van der Waals surface area contributed by atoms with Crippen LogP contribution in [-0.4, -0.2) is 42.5 Å². The van der Waals surface area contributed by atoms with E-state index in [4.69, 9.17) is 10.6 Å². The summed E-state index contributed by atoms with van der Waals surface area (Å²) in [5, 5.41) is 6.77. The van der Waals surface area contributed by atoms with Crippen molar-refractivity contribution in [2.75, 3.05) is 24.6 Å². The van der Waals surface area contributed by atoms with Gasteiger partial charge in [0.05, 0.1) is 5.56 Å². The van der Waals surface area contributed by atoms with E-state index in [-0.39, 0.29) is 24.4 Å². The molecule has 1 aromatic rings. The molecule has 0 saturated carbocycles. The molecular weight excluding hydrogens is 318 g/mol. The minimum atomic E-state index is -0.208. The molecule has 0 unspecified atom stereocenters. The number of anilines is 1. The third kappa shape index (κ3) is 5.62. The standard InChI is InChI=1S/C18H29N5O2/c1-13(2)14(3)21-16(24)12-25-22-17(19)15-8-7-9-20-18(15)23-10-5-4-6-11-23/h7-9,13-14H,4-6,10-12H2,1-3H3,(H2,19,22)(H,21,24)/t14-/m1/s1. The summed E-state index contributed by atoms with van der Waals surface area (Å²) in [6, 6.07) is 3.78. The van der Waals surface area contributed by atoms with Crippen LogP contribution in [0.25, 0.3) is 0 Å². The second-order valence-corrected chi connectivity index (χ2v) is 6.77. The number of nitrogens with two attached hydrogens (primary N) is 1. The first-order valence-electron chi connectivity index (χ1n) is 8.94. The number of nitrogens with one attached hydrogen (secondary N) is 1. The Balaban J connectivity index is 1.96. The predicted octanol–water partition coefficient (Wildman–Crippen LogP) is 1.87. The number of amidine groups is 1. The van der Waals surface area contributed by atoms with E-state index in [0.29, 0.717) is 5.92 Å². The number of amides is 1. The van der Waals surface area contributed by atoms with E-state index in [1.165, 1.54) is 6.42 Å². The number of oxime groups is 1. The van der Waals surface area contributed by atoms with Gasteiger partial charge in [-0.15, -0.1) is 0 Å². The van der Waals surface area contributed by atoms with Gasteiger partial charge in [-0.1, -0.05) is 19.0 Å². The third-order valence-electron chi connectivity index (χ3n) is 4.47. The third-order valence-corrected chi connectivity index (χ3v) is 4.47. The minimum absolute atomic E-state index is 0.0847. The Kier molecular flexibility index (Phi) is 7.03. The zero-order valence-electron chi connectivity index (χ0n) is 15.4. The van der Waals surface area contributed by atoms with Gasteiger partial charge in [-0.05, 0) is 44.2 Å². The molecule has 25 heavy (non-hydrogen) atoms. The average Bonchev–Trinajstić information content (AvgIpc) is 2.62. The number of piperidine rings is 1. The monoisotopic (exact) mass is 347 g/mol. The van der Waals surface area contributed by atoms with Gasteiger partial charge in [0.1, 0.15) is 5.82 Å². The Hall–Kier alpha value is -2.31. The lowest BCUT2D eigenvalue weighted by atomic mass is 10.1. The highest BCUT2D eigenvalue weighted by Crippen LogP contribution is 2.21. The van der Waals surface area contributed by atoms with Crippen molar-refractivity contribution in [1.82, 2.24) is 10.3 Å². The van der Waals surface area contributed by atoms with E-state index in [0.717, 1.165) is 37.3 Å². The number of carbonyl (C=O) groups is 1. The minimum Gasteiger partial charge on any atom is -0.384 e. The maximum Gasteiger partial charge on any atom is 0.260 e. The Morgan fingerprint density at radius 2 is 2.08 bits per heavy atom. The van der Waals surface area contributed by atoms with Gasteiger partial charge >= 0.3 is 0 Å². The SMILES string of the molecule is CC(C)[C@@H](C)NC(=O)CO/N=C(\N)c1cccnc1N1CCCCC1. The summed E-state index contributed by atoms with van der Waals surface area (Å²) < 4.78 is 0. The van der Waals surface area contributed by atoms with Crippen LogP contribution < -0.4 is 16.0 Å². The summed E-state index contributed by atoms with van der Waals surface area (Å²) in [7, 11) is 0. The lowest BCUT2D eigenvalue weighted by Crippen LogP contribution is -2.38. The highest BCUT2D eigenvalue weighted by molar-refractivity contribution is 6.01. The van der Waals surface area contributed by atoms with E-state index in [1.54, 1.807) is 6.20 Å². The van der Waals surface area contributed by atoms with Gasteiger partial charge in [0, 0.05) is 25.3 Å². The average molecular weight is 347 g/mol. The Bertz CT molecular complexity index is 597. The van der Waals surface area contributed by atoms with Crippen LogP contribution in [0.15, 0.2) is 23.5 Å². The normalized spacial score (nSPS) is 16.6. The van der Waals surface area contributed by atoms with Gasteiger partial charge in [-0.25, -0.2) is 4.98 Å². The van der Waals surface area contributed by atoms with Gasteiger partial charge in [0.15, 0.2) is 12.4 Å². The second-order valence-electron chi connectivity index (χ2n) is 6.77. The van der Waals surface area contributed by atoms with Crippen molar-refractivity contribution in [1.29, 1.82) is 0 Å². The number of hydrogen-bond acceptors (Lipinski definition) is 5. The molecule has 7 heteroatoms. The van der Waals surface area contributed by atoms with Crippen molar-refractivity contribution in [3.8, 4) is 0 Å². The zero-order chi connectivity index (χ0) is 18.2. The first-order chi connectivity index (χ1) is 12.0. The highest BCUT2D eigenvalue weighted by Gasteiger charge is 2.17. The van der Waals surface area contributed by atoms with Crippen LogP contribution in [0, 0.1) is 5.92 Å². The number of pyridine rings is 1. The quantitative estimate of drug-likeness (QED) is 0.446. The molecule has 0 radical (unpaired) electrons. The number of carbonyl (C=O) groups excluding carboxylic acids is 1. The molecule has 2 heterocycles. The maximum atomic E-state index is 11.8. The van der Waals surface area contributed by atoms with Crippen LogP contribution in [-0.2, 0) is 9.63 Å². The number of hydrogen-bond donors (Lipinski definition) is 2. The Morgan fingerprint density at radius 1 is 1.36 bits per heavy atom. The molecule has 2 rings (SSSR count). The fraction of sp³-hybridized carbons (Fsp3) is 0.611. The van der Waals surface area contributed by atoms with E-state index >= 15 is 0 Å². The van der Waals surface area contributed by atoms with Crippen LogP contribution in [0.3, 0.4) is 0 Å². The first kappa shape index (κ1) is 19.0. The molecular formula is C18H29N5O2. The van der Waals surface area contributed by atoms with Gasteiger partial charge in [-0.3, -0.25) is 4.79 Å². The van der Waals surface area contributed by atoms with Crippen molar-refractivity contribution in [3.63, 3.8) is 0 Å². The van der Waals surface area contributed by atoms with Crippen LogP contribution >= 0.6 is 0 Å². The number of nitrogens with zero attached hydrogens (tertiary/aromatic N) is 3. The summed E-state index contributed by atoms with van der Waals surface area (Å²) in [6.07, 6.45) is 5.30.